The van der Waals surface area contributed by atoms with Crippen molar-refractivity contribution in [3.05, 3.63) is 46.8 Å². The number of aromatic nitrogens is 3. The van der Waals surface area contributed by atoms with Gasteiger partial charge in [-0.05, 0) is 37.3 Å². The summed E-state index contributed by atoms with van der Waals surface area (Å²) in [5, 5.41) is 11.7. The molecule has 2 aliphatic rings. The first kappa shape index (κ1) is 10.9. The molecule has 3 atom stereocenters. The molecule has 0 saturated heterocycles. The van der Waals surface area contributed by atoms with Crippen LogP contribution in [-0.2, 0) is 6.42 Å². The monoisotopic (exact) mass is 252 g/mol. The molecule has 4 nitrogen and oxygen atoms in total. The van der Waals surface area contributed by atoms with Crippen molar-refractivity contribution >= 4 is 5.95 Å². The van der Waals surface area contributed by atoms with E-state index in [-0.39, 0.29) is 0 Å². The molecule has 1 heterocycles. The van der Waals surface area contributed by atoms with E-state index in [0.29, 0.717) is 23.8 Å². The number of hydrogen-bond donors (Lipinski definition) is 1. The van der Waals surface area contributed by atoms with Crippen LogP contribution in [0.4, 0.5) is 5.95 Å². The molecule has 1 saturated carbocycles. The van der Waals surface area contributed by atoms with Crippen molar-refractivity contribution in [2.24, 2.45) is 5.92 Å². The minimum absolute atomic E-state index is 0.485. The van der Waals surface area contributed by atoms with Crippen molar-refractivity contribution in [1.29, 1.82) is 0 Å². The molecule has 0 aliphatic heterocycles. The molecule has 0 amide bonds. The second-order valence-corrected chi connectivity index (χ2v) is 5.57. The summed E-state index contributed by atoms with van der Waals surface area (Å²) in [6, 6.07) is 9.24. The van der Waals surface area contributed by atoms with E-state index in [1.807, 2.05) is 13.8 Å². The molecule has 2 aliphatic carbocycles. The first-order valence-corrected chi connectivity index (χ1v) is 6.76. The number of nitrogens with zero attached hydrogens (tertiary/aromatic N) is 3. The molecule has 0 radical (unpaired) electrons. The minimum Gasteiger partial charge on any atom is -0.349 e. The summed E-state index contributed by atoms with van der Waals surface area (Å²) in [6.07, 6.45) is 1.18. The predicted octanol–water partition coefficient (Wildman–Crippen LogP) is 2.24. The molecule has 0 unspecified atom stereocenters. The number of nitrogens with one attached hydrogen (secondary N) is 1. The normalized spacial score (nSPS) is 26.7. The van der Waals surface area contributed by atoms with Crippen molar-refractivity contribution in [2.45, 2.75) is 32.2 Å². The third kappa shape index (κ3) is 1.63. The highest BCUT2D eigenvalue weighted by molar-refractivity contribution is 5.49. The molecule has 2 aromatic rings. The quantitative estimate of drug-likeness (QED) is 0.890. The van der Waals surface area contributed by atoms with Crippen LogP contribution in [0.3, 0.4) is 0 Å². The highest BCUT2D eigenvalue weighted by Crippen LogP contribution is 2.57. The van der Waals surface area contributed by atoms with Crippen LogP contribution >= 0.6 is 0 Å². The zero-order valence-electron chi connectivity index (χ0n) is 11.1. The number of aryl methyl sites for hydroxylation is 2. The Hall–Kier alpha value is -1.97. The van der Waals surface area contributed by atoms with E-state index in [4.69, 9.17) is 0 Å². The van der Waals surface area contributed by atoms with Gasteiger partial charge in [0, 0.05) is 12.0 Å². The molecular formula is C15H16N4. The van der Waals surface area contributed by atoms with E-state index in [1.54, 1.807) is 0 Å². The Balaban J connectivity index is 1.54. The Morgan fingerprint density at radius 3 is 2.79 bits per heavy atom. The van der Waals surface area contributed by atoms with Gasteiger partial charge in [0.25, 0.3) is 0 Å². The first-order chi connectivity index (χ1) is 9.24. The van der Waals surface area contributed by atoms with E-state index in [1.165, 1.54) is 17.5 Å². The summed E-state index contributed by atoms with van der Waals surface area (Å²) in [7, 11) is 0. The van der Waals surface area contributed by atoms with Gasteiger partial charge in [-0.3, -0.25) is 0 Å². The average Bonchev–Trinajstić information content (AvgIpc) is 2.93. The van der Waals surface area contributed by atoms with Crippen LogP contribution in [0.1, 0.15) is 28.4 Å². The Kier molecular flexibility index (Phi) is 2.16. The smallest absolute Gasteiger partial charge is 0.243 e. The van der Waals surface area contributed by atoms with E-state index in [0.717, 1.165) is 11.4 Å². The van der Waals surface area contributed by atoms with Gasteiger partial charge in [0.1, 0.15) is 0 Å². The number of rotatable bonds is 2. The van der Waals surface area contributed by atoms with Gasteiger partial charge < -0.3 is 5.32 Å². The van der Waals surface area contributed by atoms with Gasteiger partial charge in [-0.1, -0.05) is 24.3 Å². The maximum Gasteiger partial charge on any atom is 0.243 e. The van der Waals surface area contributed by atoms with Crippen molar-refractivity contribution in [1.82, 2.24) is 15.2 Å². The molecule has 1 aromatic carbocycles. The highest BCUT2D eigenvalue weighted by Gasteiger charge is 2.55. The summed E-state index contributed by atoms with van der Waals surface area (Å²) < 4.78 is 0. The second-order valence-electron chi connectivity index (χ2n) is 5.57. The molecule has 4 heteroatoms. The third-order valence-corrected chi connectivity index (χ3v) is 4.43. The summed E-state index contributed by atoms with van der Waals surface area (Å²) in [5.41, 5.74) is 4.85. The average molecular weight is 252 g/mol. The molecule has 19 heavy (non-hydrogen) atoms. The lowest BCUT2D eigenvalue weighted by Crippen LogP contribution is -2.13. The predicted molar refractivity (Wildman–Crippen MR) is 73.1 cm³/mol. The molecule has 0 spiro atoms. The maximum atomic E-state index is 4.45. The van der Waals surface area contributed by atoms with E-state index in [2.05, 4.69) is 44.8 Å². The Morgan fingerprint density at radius 2 is 1.95 bits per heavy atom. The van der Waals surface area contributed by atoms with Crippen LogP contribution in [0.5, 0.6) is 0 Å². The minimum atomic E-state index is 0.485. The molecule has 1 aromatic heterocycles. The zero-order valence-corrected chi connectivity index (χ0v) is 11.1. The van der Waals surface area contributed by atoms with Crippen molar-refractivity contribution in [3.8, 4) is 0 Å². The Morgan fingerprint density at radius 1 is 1.11 bits per heavy atom. The molecule has 0 bridgehead atoms. The summed E-state index contributed by atoms with van der Waals surface area (Å²) in [6.45, 7) is 3.90. The van der Waals surface area contributed by atoms with E-state index >= 15 is 0 Å². The topological polar surface area (TPSA) is 50.7 Å². The van der Waals surface area contributed by atoms with Gasteiger partial charge in [0.05, 0.1) is 11.4 Å². The van der Waals surface area contributed by atoms with Gasteiger partial charge in [-0.25, -0.2) is 4.98 Å². The van der Waals surface area contributed by atoms with Crippen LogP contribution in [-0.4, -0.2) is 21.2 Å². The maximum absolute atomic E-state index is 4.45. The molecule has 1 N–H and O–H groups in total. The van der Waals surface area contributed by atoms with Gasteiger partial charge in [0.15, 0.2) is 0 Å². The first-order valence-electron chi connectivity index (χ1n) is 6.76. The van der Waals surface area contributed by atoms with Gasteiger partial charge >= 0.3 is 0 Å². The number of anilines is 1. The summed E-state index contributed by atoms with van der Waals surface area (Å²) in [4.78, 5) is 4.45. The fourth-order valence-corrected chi connectivity index (χ4v) is 3.21. The lowest BCUT2D eigenvalue weighted by molar-refractivity contribution is 0.806. The number of fused-ring (bicyclic) bond motifs is 3. The largest absolute Gasteiger partial charge is 0.349 e. The zero-order chi connectivity index (χ0) is 13.0. The SMILES string of the molecule is Cc1nnc(N[C@@H]2[C@H]3Cc4ccccc4[C@H]32)nc1C. The second kappa shape index (κ2) is 3.76. The van der Waals surface area contributed by atoms with Crippen molar-refractivity contribution in [2.75, 3.05) is 5.32 Å². The van der Waals surface area contributed by atoms with Crippen LogP contribution < -0.4 is 5.32 Å². The number of hydrogen-bond acceptors (Lipinski definition) is 4. The van der Waals surface area contributed by atoms with Crippen LogP contribution in [0.15, 0.2) is 24.3 Å². The summed E-state index contributed by atoms with van der Waals surface area (Å²) >= 11 is 0. The van der Waals surface area contributed by atoms with E-state index in [9.17, 15) is 0 Å². The van der Waals surface area contributed by atoms with Gasteiger partial charge in [0.2, 0.25) is 5.95 Å². The van der Waals surface area contributed by atoms with Crippen LogP contribution in [0.2, 0.25) is 0 Å². The Labute approximate surface area is 112 Å². The third-order valence-electron chi connectivity index (χ3n) is 4.43. The lowest BCUT2D eigenvalue weighted by atomic mass is 10.1. The fourth-order valence-electron chi connectivity index (χ4n) is 3.21. The van der Waals surface area contributed by atoms with Crippen molar-refractivity contribution in [3.63, 3.8) is 0 Å². The molecule has 1 fully saturated rings. The summed E-state index contributed by atoms with van der Waals surface area (Å²) in [5.74, 6) is 2.02. The van der Waals surface area contributed by atoms with Gasteiger partial charge in [-0.15, -0.1) is 5.10 Å². The molecule has 96 valence electrons. The van der Waals surface area contributed by atoms with Crippen LogP contribution in [0, 0.1) is 19.8 Å². The van der Waals surface area contributed by atoms with Crippen LogP contribution in [0.25, 0.3) is 0 Å². The van der Waals surface area contributed by atoms with Crippen molar-refractivity contribution < 1.29 is 0 Å². The lowest BCUT2D eigenvalue weighted by Gasteiger charge is -2.09. The molecule has 4 rings (SSSR count). The molecular weight excluding hydrogens is 236 g/mol. The van der Waals surface area contributed by atoms with Gasteiger partial charge in [-0.2, -0.15) is 5.10 Å². The fraction of sp³-hybridized carbons (Fsp3) is 0.400. The number of benzene rings is 1. The van der Waals surface area contributed by atoms with E-state index < -0.39 is 0 Å². The standard InChI is InChI=1S/C15H16N4/c1-8-9(2)18-19-15(16-8)17-14-12-7-10-5-3-4-6-11(10)13(12)14/h3-6,12-14H,7H2,1-2H3,(H,16,17,19)/t12-,13+,14+/m0/s1. The highest BCUT2D eigenvalue weighted by atomic mass is 15.3. The Bertz CT molecular complexity index is 652.